The Hall–Kier alpha value is -0.610. The van der Waals surface area contributed by atoms with Crippen molar-refractivity contribution in [2.75, 3.05) is 26.2 Å². The van der Waals surface area contributed by atoms with Crippen LogP contribution in [0.4, 0.5) is 0 Å². The quantitative estimate of drug-likeness (QED) is 0.843. The molecule has 1 saturated heterocycles. The van der Waals surface area contributed by atoms with Crippen LogP contribution in [0.15, 0.2) is 24.3 Å². The lowest BCUT2D eigenvalue weighted by Crippen LogP contribution is -2.25. The second-order valence-electron chi connectivity index (χ2n) is 5.41. The molecule has 0 radical (unpaired) electrons. The fourth-order valence-electron chi connectivity index (χ4n) is 2.73. The third kappa shape index (κ3) is 4.46. The molecule has 2 atom stereocenters. The smallest absolute Gasteiger partial charge is 0.0434 e. The molecule has 1 heterocycles. The number of halogens is 1. The molecule has 4 heteroatoms. The summed E-state index contributed by atoms with van der Waals surface area (Å²) in [5.41, 5.74) is 7.36. The van der Waals surface area contributed by atoms with Crippen molar-refractivity contribution in [3.05, 3.63) is 34.9 Å². The van der Waals surface area contributed by atoms with E-state index in [1.165, 1.54) is 6.42 Å². The average molecular weight is 283 g/mol. The van der Waals surface area contributed by atoms with Gasteiger partial charge in [0, 0.05) is 24.2 Å². The molecule has 2 rings (SSSR count). The molecule has 1 aliphatic rings. The van der Waals surface area contributed by atoms with Gasteiger partial charge in [-0.25, -0.2) is 0 Å². The van der Waals surface area contributed by atoms with Gasteiger partial charge >= 0.3 is 0 Å². The highest BCUT2D eigenvalue weighted by Crippen LogP contribution is 2.22. The standard InChI is InChI=1S/C15H23ClN2O/c16-14-3-1-13(2-4-14)15(17)6-9-18-8-5-12(11-18)7-10-19/h1-4,12,15,19H,5-11,17H2. The zero-order valence-electron chi connectivity index (χ0n) is 11.3. The van der Waals surface area contributed by atoms with Crippen LogP contribution in [0.5, 0.6) is 0 Å². The van der Waals surface area contributed by atoms with E-state index >= 15 is 0 Å². The van der Waals surface area contributed by atoms with Crippen LogP contribution in [0, 0.1) is 5.92 Å². The highest BCUT2D eigenvalue weighted by molar-refractivity contribution is 6.30. The molecular weight excluding hydrogens is 260 g/mol. The predicted molar refractivity (Wildman–Crippen MR) is 79.2 cm³/mol. The Bertz CT molecular complexity index is 382. The van der Waals surface area contributed by atoms with E-state index in [0.717, 1.165) is 43.1 Å². The van der Waals surface area contributed by atoms with Crippen LogP contribution < -0.4 is 5.73 Å². The Morgan fingerprint density at radius 1 is 1.37 bits per heavy atom. The fourth-order valence-corrected chi connectivity index (χ4v) is 2.86. The molecule has 106 valence electrons. The van der Waals surface area contributed by atoms with E-state index in [-0.39, 0.29) is 6.04 Å². The highest BCUT2D eigenvalue weighted by Gasteiger charge is 2.22. The van der Waals surface area contributed by atoms with Crippen LogP contribution in [-0.4, -0.2) is 36.2 Å². The summed E-state index contributed by atoms with van der Waals surface area (Å²) in [5.74, 6) is 0.664. The Morgan fingerprint density at radius 2 is 2.11 bits per heavy atom. The Balaban J connectivity index is 1.75. The minimum atomic E-state index is 0.0779. The molecule has 0 saturated carbocycles. The molecule has 3 N–H and O–H groups in total. The minimum Gasteiger partial charge on any atom is -0.396 e. The highest BCUT2D eigenvalue weighted by atomic mass is 35.5. The lowest BCUT2D eigenvalue weighted by Gasteiger charge is -2.19. The van der Waals surface area contributed by atoms with Crippen LogP contribution in [0.2, 0.25) is 5.02 Å². The molecule has 0 aromatic heterocycles. The van der Waals surface area contributed by atoms with Crippen LogP contribution >= 0.6 is 11.6 Å². The van der Waals surface area contributed by atoms with Crippen molar-refractivity contribution in [3.8, 4) is 0 Å². The molecule has 1 aliphatic heterocycles. The second kappa shape index (κ2) is 7.25. The number of benzene rings is 1. The fraction of sp³-hybridized carbons (Fsp3) is 0.600. The van der Waals surface area contributed by atoms with Gasteiger partial charge in [-0.15, -0.1) is 0 Å². The molecule has 0 aliphatic carbocycles. The SMILES string of the molecule is NC(CCN1CCC(CCO)C1)c1ccc(Cl)cc1. The summed E-state index contributed by atoms with van der Waals surface area (Å²) < 4.78 is 0. The molecule has 1 aromatic rings. The summed E-state index contributed by atoms with van der Waals surface area (Å²) in [4.78, 5) is 2.45. The lowest BCUT2D eigenvalue weighted by atomic mass is 10.0. The molecule has 3 nitrogen and oxygen atoms in total. The third-order valence-corrected chi connectivity index (χ3v) is 4.21. The van der Waals surface area contributed by atoms with Crippen LogP contribution in [0.3, 0.4) is 0 Å². The first kappa shape index (κ1) is 14.8. The van der Waals surface area contributed by atoms with E-state index in [0.29, 0.717) is 12.5 Å². The zero-order chi connectivity index (χ0) is 13.7. The Labute approximate surface area is 120 Å². The number of nitrogens with zero attached hydrogens (tertiary/aromatic N) is 1. The van der Waals surface area contributed by atoms with Crippen molar-refractivity contribution in [2.24, 2.45) is 11.7 Å². The summed E-state index contributed by atoms with van der Waals surface area (Å²) in [5, 5.41) is 9.70. The normalized spacial score (nSPS) is 21.7. The topological polar surface area (TPSA) is 49.5 Å². The van der Waals surface area contributed by atoms with Crippen molar-refractivity contribution < 1.29 is 5.11 Å². The van der Waals surface area contributed by atoms with Gasteiger partial charge in [0.2, 0.25) is 0 Å². The van der Waals surface area contributed by atoms with Gasteiger partial charge in [-0.1, -0.05) is 23.7 Å². The van der Waals surface area contributed by atoms with Gasteiger partial charge in [0.05, 0.1) is 0 Å². The lowest BCUT2D eigenvalue weighted by molar-refractivity contribution is 0.249. The van der Waals surface area contributed by atoms with Crippen LogP contribution in [0.25, 0.3) is 0 Å². The number of hydrogen-bond acceptors (Lipinski definition) is 3. The first-order chi connectivity index (χ1) is 9.19. The largest absolute Gasteiger partial charge is 0.396 e. The monoisotopic (exact) mass is 282 g/mol. The van der Waals surface area contributed by atoms with Crippen molar-refractivity contribution in [2.45, 2.75) is 25.3 Å². The van der Waals surface area contributed by atoms with E-state index < -0.39 is 0 Å². The molecule has 1 fully saturated rings. The minimum absolute atomic E-state index is 0.0779. The summed E-state index contributed by atoms with van der Waals surface area (Å²) in [7, 11) is 0. The van der Waals surface area contributed by atoms with Gasteiger partial charge < -0.3 is 15.7 Å². The summed E-state index contributed by atoms with van der Waals surface area (Å²) in [6, 6.07) is 7.87. The molecule has 0 bridgehead atoms. The molecular formula is C15H23ClN2O. The van der Waals surface area contributed by atoms with Crippen molar-refractivity contribution >= 4 is 11.6 Å². The van der Waals surface area contributed by atoms with Crippen molar-refractivity contribution in [3.63, 3.8) is 0 Å². The predicted octanol–water partition coefficient (Wildman–Crippen LogP) is 2.43. The van der Waals surface area contributed by atoms with Gasteiger partial charge in [0.1, 0.15) is 0 Å². The Kier molecular flexibility index (Phi) is 5.64. The molecule has 0 spiro atoms. The number of likely N-dealkylation sites (tertiary alicyclic amines) is 1. The first-order valence-corrected chi connectivity index (χ1v) is 7.41. The molecule has 1 aromatic carbocycles. The number of rotatable bonds is 6. The molecule has 0 amide bonds. The van der Waals surface area contributed by atoms with E-state index in [1.54, 1.807) is 0 Å². The van der Waals surface area contributed by atoms with Crippen molar-refractivity contribution in [1.82, 2.24) is 4.90 Å². The first-order valence-electron chi connectivity index (χ1n) is 7.03. The van der Waals surface area contributed by atoms with Gasteiger partial charge in [-0.05, 0) is 56.0 Å². The summed E-state index contributed by atoms with van der Waals surface area (Å²) in [6.45, 7) is 3.58. The molecule has 2 unspecified atom stereocenters. The van der Waals surface area contributed by atoms with Gasteiger partial charge in [0.15, 0.2) is 0 Å². The maximum Gasteiger partial charge on any atom is 0.0434 e. The van der Waals surface area contributed by atoms with E-state index in [1.807, 2.05) is 24.3 Å². The van der Waals surface area contributed by atoms with Crippen LogP contribution in [-0.2, 0) is 0 Å². The van der Waals surface area contributed by atoms with E-state index in [9.17, 15) is 0 Å². The molecule has 19 heavy (non-hydrogen) atoms. The van der Waals surface area contributed by atoms with Gasteiger partial charge in [-0.2, -0.15) is 0 Å². The maximum atomic E-state index is 8.95. The van der Waals surface area contributed by atoms with Gasteiger partial charge in [0.25, 0.3) is 0 Å². The maximum absolute atomic E-state index is 8.95. The number of aliphatic hydroxyl groups is 1. The number of nitrogens with two attached hydrogens (primary N) is 1. The van der Waals surface area contributed by atoms with Gasteiger partial charge in [-0.3, -0.25) is 0 Å². The second-order valence-corrected chi connectivity index (χ2v) is 5.85. The number of aliphatic hydroxyl groups excluding tert-OH is 1. The van der Waals surface area contributed by atoms with Crippen LogP contribution in [0.1, 0.15) is 30.9 Å². The average Bonchev–Trinajstić information content (AvgIpc) is 2.85. The Morgan fingerprint density at radius 3 is 2.79 bits per heavy atom. The number of hydrogen-bond donors (Lipinski definition) is 2. The van der Waals surface area contributed by atoms with E-state index in [2.05, 4.69) is 4.90 Å². The van der Waals surface area contributed by atoms with E-state index in [4.69, 9.17) is 22.4 Å². The third-order valence-electron chi connectivity index (χ3n) is 3.96. The summed E-state index contributed by atoms with van der Waals surface area (Å²) >= 11 is 5.87. The summed E-state index contributed by atoms with van der Waals surface area (Å²) in [6.07, 6.45) is 3.10. The zero-order valence-corrected chi connectivity index (χ0v) is 12.0. The van der Waals surface area contributed by atoms with Crippen molar-refractivity contribution in [1.29, 1.82) is 0 Å².